The zero-order chi connectivity index (χ0) is 53.4. The topological polar surface area (TPSA) is 219 Å². The molecule has 0 bridgehead atoms. The lowest BCUT2D eigenvalue weighted by Crippen LogP contribution is -2.61. The quantitative estimate of drug-likeness (QED) is 0.0364. The van der Waals surface area contributed by atoms with Crippen molar-refractivity contribution >= 4 is 29.6 Å². The van der Waals surface area contributed by atoms with Crippen LogP contribution in [-0.4, -0.2) is 129 Å². The summed E-state index contributed by atoms with van der Waals surface area (Å²) < 4.78 is 11.6. The Morgan fingerprint density at radius 3 is 1.70 bits per heavy atom. The highest BCUT2D eigenvalue weighted by atomic mass is 32.2. The highest BCUT2D eigenvalue weighted by Crippen LogP contribution is 2.33. The number of thioether (sulfide) groups is 1. The maximum atomic E-state index is 13.0. The third-order valence-corrected chi connectivity index (χ3v) is 13.0. The van der Waals surface area contributed by atoms with Crippen LogP contribution in [0.4, 0.5) is 4.79 Å². The lowest BCUT2D eigenvalue weighted by Gasteiger charge is -2.41. The van der Waals surface area contributed by atoms with E-state index in [1.165, 1.54) is 44.9 Å². The van der Waals surface area contributed by atoms with E-state index in [1.807, 2.05) is 0 Å². The van der Waals surface area contributed by atoms with Crippen molar-refractivity contribution in [1.29, 1.82) is 0 Å². The van der Waals surface area contributed by atoms with Gasteiger partial charge < -0.3 is 56.3 Å². The normalized spacial score (nSPS) is 21.2. The monoisotopic (exact) mass is 1020 g/mol. The number of aliphatic hydroxyl groups is 5. The number of fused-ring (bicyclic) bond motifs is 1. The molecular weight excluding hydrogens is 957 g/mol. The highest BCUT2D eigenvalue weighted by molar-refractivity contribution is 8.00. The van der Waals surface area contributed by atoms with Gasteiger partial charge in [-0.3, -0.25) is 9.59 Å². The maximum Gasteiger partial charge on any atom is 0.315 e. The van der Waals surface area contributed by atoms with Gasteiger partial charge in [-0.05, 0) is 121 Å². The number of nitrogens with one attached hydrogen (secondary N) is 4. The molecule has 0 aromatic carbocycles. The SMILES string of the molecule is CC#CC#CC#CC#CC#CC#CC#CC#CC#CC#CC#CC#CC(=O)N[C@@H](COC1OC(CNC(=O)CCCC2SC[C@@H]3NC(=O)N[C@H]23)C(O)C(O)C1O)[C@H](O)[C@H](O)CCCCCCCCCCCCCC. The van der Waals surface area contributed by atoms with Crippen LogP contribution in [0.15, 0.2) is 0 Å². The first-order chi connectivity index (χ1) is 36.0. The van der Waals surface area contributed by atoms with Crippen LogP contribution >= 0.6 is 11.8 Å². The molecule has 386 valence electrons. The predicted molar refractivity (Wildman–Crippen MR) is 284 cm³/mol. The average molecular weight is 1020 g/mol. The number of ether oxygens (including phenoxy) is 2. The van der Waals surface area contributed by atoms with Gasteiger partial charge in [0.05, 0.1) is 30.8 Å². The molecule has 15 heteroatoms. The van der Waals surface area contributed by atoms with Crippen molar-refractivity contribution in [3.63, 3.8) is 0 Å². The van der Waals surface area contributed by atoms with Crippen molar-refractivity contribution < 1.29 is 49.4 Å². The van der Waals surface area contributed by atoms with Gasteiger partial charge >= 0.3 is 6.03 Å². The van der Waals surface area contributed by atoms with Gasteiger partial charge in [0.2, 0.25) is 5.91 Å². The van der Waals surface area contributed by atoms with E-state index in [4.69, 9.17) is 9.47 Å². The van der Waals surface area contributed by atoms with Gasteiger partial charge in [-0.1, -0.05) is 89.9 Å². The minimum atomic E-state index is -1.75. The van der Waals surface area contributed by atoms with Gasteiger partial charge in [0.15, 0.2) is 6.29 Å². The number of amides is 4. The largest absolute Gasteiger partial charge is 0.390 e. The van der Waals surface area contributed by atoms with Gasteiger partial charge in [0.1, 0.15) is 30.5 Å². The summed E-state index contributed by atoms with van der Waals surface area (Å²) in [7, 11) is 0. The van der Waals surface area contributed by atoms with Crippen LogP contribution in [0, 0.1) is 142 Å². The Kier molecular flexibility index (Phi) is 32.0. The Bertz CT molecular complexity index is 2670. The Morgan fingerprint density at radius 1 is 0.676 bits per heavy atom. The fraction of sp³-hybridized carbons (Fsp3) is 0.542. The zero-order valence-electron chi connectivity index (χ0n) is 42.0. The standard InChI is InChI=1S/C59H64N4O10S/c1-3-5-7-9-11-13-15-17-18-19-20-21-22-23-24-25-26-27-29-31-33-35-37-41-52(66)61-46(54(67)48(64)39-36-34-32-30-28-16-14-12-10-8-6-4-2)44-72-58-57(70)56(69)55(68)49(73-58)43-60-51(65)42-38-40-50-53-47(45-74-50)62-59(71)63-53/h46-50,53-58,64,67-70H,4,6,8,10,12,14,16,28,30,32,34,36,38-40,42-45H2,1-2H3,(H,60,65)(H,61,66)(H2,62,63,71)/t46-,47-,48+,49?,50?,53-,54-,55?,56?,57?,58?/m0/s1. The smallest absolute Gasteiger partial charge is 0.315 e. The molecule has 3 aliphatic heterocycles. The number of aliphatic hydroxyl groups excluding tert-OH is 5. The van der Waals surface area contributed by atoms with E-state index in [2.05, 4.69) is 170 Å². The van der Waals surface area contributed by atoms with Crippen LogP contribution in [-0.2, 0) is 19.1 Å². The third-order valence-electron chi connectivity index (χ3n) is 11.5. The highest BCUT2D eigenvalue weighted by Gasteiger charge is 2.45. The predicted octanol–water partition coefficient (Wildman–Crippen LogP) is 1.62. The van der Waals surface area contributed by atoms with Crippen molar-refractivity contribution in [1.82, 2.24) is 21.3 Å². The van der Waals surface area contributed by atoms with Crippen molar-refractivity contribution in [2.45, 2.75) is 183 Å². The van der Waals surface area contributed by atoms with E-state index in [0.29, 0.717) is 19.3 Å². The van der Waals surface area contributed by atoms with E-state index < -0.39 is 61.5 Å². The molecular formula is C59H64N4O10S. The summed E-state index contributed by atoms with van der Waals surface area (Å²) in [6.07, 6.45) is 4.52. The molecule has 14 nitrogen and oxygen atoms in total. The molecule has 0 radical (unpaired) electrons. The molecule has 0 spiro atoms. The molecule has 4 amide bonds. The first-order valence-corrected chi connectivity index (χ1v) is 26.0. The molecule has 3 fully saturated rings. The number of rotatable bonds is 25. The molecule has 9 N–H and O–H groups in total. The second-order valence-electron chi connectivity index (χ2n) is 17.1. The number of carbonyl (C=O) groups is 3. The summed E-state index contributed by atoms with van der Waals surface area (Å²) in [6, 6.07) is -1.37. The van der Waals surface area contributed by atoms with Crippen LogP contribution in [0.2, 0.25) is 0 Å². The van der Waals surface area contributed by atoms with Crippen LogP contribution in [0.1, 0.15) is 117 Å². The van der Waals surface area contributed by atoms with Crippen molar-refractivity contribution in [2.24, 2.45) is 0 Å². The van der Waals surface area contributed by atoms with Crippen LogP contribution in [0.25, 0.3) is 0 Å². The summed E-state index contributed by atoms with van der Waals surface area (Å²) >= 11 is 1.74. The molecule has 3 heterocycles. The molecule has 11 atom stereocenters. The molecule has 0 saturated carbocycles. The summed E-state index contributed by atoms with van der Waals surface area (Å²) in [6.45, 7) is 3.15. The van der Waals surface area contributed by atoms with Crippen molar-refractivity contribution in [3.8, 4) is 142 Å². The molecule has 3 saturated heterocycles. The minimum absolute atomic E-state index is 0.0156. The van der Waals surface area contributed by atoms with Crippen molar-refractivity contribution in [2.75, 3.05) is 18.9 Å². The Labute approximate surface area is 442 Å². The molecule has 0 aliphatic carbocycles. The van der Waals surface area contributed by atoms with E-state index in [1.54, 1.807) is 18.7 Å². The fourth-order valence-electron chi connectivity index (χ4n) is 7.67. The van der Waals surface area contributed by atoms with Gasteiger partial charge in [0, 0.05) is 65.4 Å². The molecule has 3 aliphatic rings. The maximum absolute atomic E-state index is 13.0. The van der Waals surface area contributed by atoms with Crippen LogP contribution in [0.5, 0.6) is 0 Å². The summed E-state index contributed by atoms with van der Waals surface area (Å²) in [5.74, 6) is 59.1. The van der Waals surface area contributed by atoms with Gasteiger partial charge in [0.25, 0.3) is 5.91 Å². The van der Waals surface area contributed by atoms with Gasteiger partial charge in [-0.25, -0.2) is 4.79 Å². The lowest BCUT2D eigenvalue weighted by molar-refractivity contribution is -0.297. The molecule has 0 aromatic rings. The number of carbonyl (C=O) groups excluding carboxylic acids is 3. The third kappa shape index (κ3) is 26.1. The molecule has 74 heavy (non-hydrogen) atoms. The van der Waals surface area contributed by atoms with E-state index in [9.17, 15) is 39.9 Å². The molecule has 0 aromatic heterocycles. The average Bonchev–Trinajstić information content (AvgIpc) is 3.95. The number of hydrogen-bond donors (Lipinski definition) is 9. The first kappa shape index (κ1) is 61.3. The molecule has 6 unspecified atom stereocenters. The van der Waals surface area contributed by atoms with E-state index in [0.717, 1.165) is 31.4 Å². The minimum Gasteiger partial charge on any atom is -0.390 e. The van der Waals surface area contributed by atoms with Crippen LogP contribution < -0.4 is 21.3 Å². The van der Waals surface area contributed by atoms with Gasteiger partial charge in [-0.2, -0.15) is 11.8 Å². The molecule has 3 rings (SSSR count). The summed E-state index contributed by atoms with van der Waals surface area (Å²) in [5.41, 5.74) is 0. The fourth-order valence-corrected chi connectivity index (χ4v) is 9.21. The lowest BCUT2D eigenvalue weighted by atomic mass is 9.98. The summed E-state index contributed by atoms with van der Waals surface area (Å²) in [4.78, 5) is 37.4. The van der Waals surface area contributed by atoms with Crippen molar-refractivity contribution in [3.05, 3.63) is 0 Å². The van der Waals surface area contributed by atoms with E-state index in [-0.39, 0.29) is 48.7 Å². The number of unbranched alkanes of at least 4 members (excludes halogenated alkanes) is 11. The second kappa shape index (κ2) is 38.6. The second-order valence-corrected chi connectivity index (χ2v) is 18.4. The Balaban J connectivity index is 1.54. The number of hydrogen-bond acceptors (Lipinski definition) is 11. The number of urea groups is 1. The van der Waals surface area contributed by atoms with E-state index >= 15 is 0 Å². The van der Waals surface area contributed by atoms with Crippen LogP contribution in [0.3, 0.4) is 0 Å². The Morgan fingerprint density at radius 2 is 1.18 bits per heavy atom. The first-order valence-electron chi connectivity index (χ1n) is 24.9. The van der Waals surface area contributed by atoms with Gasteiger partial charge in [-0.15, -0.1) is 0 Å². The zero-order valence-corrected chi connectivity index (χ0v) is 42.8. The summed E-state index contributed by atoms with van der Waals surface area (Å²) in [5, 5.41) is 65.8. The Hall–Kier alpha value is -7.00.